The molecule has 2 aromatic rings. The quantitative estimate of drug-likeness (QED) is 0.297. The molecular weight excluding hydrogens is 393 g/mol. The van der Waals surface area contributed by atoms with Gasteiger partial charge in [-0.25, -0.2) is 4.39 Å². The van der Waals surface area contributed by atoms with Crippen LogP contribution in [0, 0.1) is 5.82 Å². The van der Waals surface area contributed by atoms with Crippen LogP contribution in [-0.4, -0.2) is 60.3 Å². The lowest BCUT2D eigenvalue weighted by Gasteiger charge is -2.25. The zero-order valence-corrected chi connectivity index (χ0v) is 16.4. The van der Waals surface area contributed by atoms with Gasteiger partial charge in [0, 0.05) is 12.1 Å². The van der Waals surface area contributed by atoms with Gasteiger partial charge in [-0.1, -0.05) is 12.1 Å². The second-order valence-electron chi connectivity index (χ2n) is 6.61. The van der Waals surface area contributed by atoms with Gasteiger partial charge in [0.1, 0.15) is 17.3 Å². The maximum absolute atomic E-state index is 13.4. The van der Waals surface area contributed by atoms with Crippen molar-refractivity contribution in [3.05, 3.63) is 71.0 Å². The molecule has 2 aromatic carbocycles. The van der Waals surface area contributed by atoms with Crippen LogP contribution in [0.3, 0.4) is 0 Å². The van der Waals surface area contributed by atoms with Crippen molar-refractivity contribution in [2.24, 2.45) is 0 Å². The summed E-state index contributed by atoms with van der Waals surface area (Å²) >= 11 is 0. The number of likely N-dealkylation sites (tertiary alicyclic amines) is 1. The number of carbonyl (C=O) groups excluding carboxylic acids is 2. The summed E-state index contributed by atoms with van der Waals surface area (Å²) in [6, 6.07) is 10.9. The molecule has 0 spiro atoms. The third kappa shape index (κ3) is 4.34. The average molecular weight is 415 g/mol. The van der Waals surface area contributed by atoms with E-state index in [4.69, 9.17) is 14.6 Å². The fraction of sp³-hybridized carbons (Fsp3) is 0.273. The molecule has 1 unspecified atom stereocenters. The number of ketones is 1. The van der Waals surface area contributed by atoms with Gasteiger partial charge in [-0.3, -0.25) is 9.59 Å². The van der Waals surface area contributed by atoms with Gasteiger partial charge in [0.25, 0.3) is 11.7 Å². The summed E-state index contributed by atoms with van der Waals surface area (Å²) in [5.41, 5.74) is 0.740. The highest BCUT2D eigenvalue weighted by Crippen LogP contribution is 2.39. The lowest BCUT2D eigenvalue weighted by Crippen LogP contribution is -2.33. The molecule has 158 valence electrons. The number of Topliss-reactive ketones (excluding diaryl/α,β-unsaturated/α-hetero) is 1. The summed E-state index contributed by atoms with van der Waals surface area (Å²) in [5, 5.41) is 19.7. The Morgan fingerprint density at radius 2 is 1.73 bits per heavy atom. The largest absolute Gasteiger partial charge is 0.507 e. The Morgan fingerprint density at radius 3 is 2.33 bits per heavy atom. The van der Waals surface area contributed by atoms with Crippen molar-refractivity contribution in [2.45, 2.75) is 6.04 Å². The molecule has 1 fully saturated rings. The van der Waals surface area contributed by atoms with Crippen molar-refractivity contribution in [1.29, 1.82) is 0 Å². The van der Waals surface area contributed by atoms with Crippen LogP contribution in [0.1, 0.15) is 17.2 Å². The third-order valence-corrected chi connectivity index (χ3v) is 4.80. The number of aliphatic hydroxyl groups is 2. The topological polar surface area (TPSA) is 96.3 Å². The number of hydrogen-bond acceptors (Lipinski definition) is 6. The van der Waals surface area contributed by atoms with E-state index >= 15 is 0 Å². The van der Waals surface area contributed by atoms with E-state index in [-0.39, 0.29) is 37.7 Å². The summed E-state index contributed by atoms with van der Waals surface area (Å²) in [6.45, 7) is 0.0779. The molecule has 0 aromatic heterocycles. The van der Waals surface area contributed by atoms with Gasteiger partial charge in [0.15, 0.2) is 0 Å². The summed E-state index contributed by atoms with van der Waals surface area (Å²) in [4.78, 5) is 26.8. The molecule has 1 aliphatic heterocycles. The van der Waals surface area contributed by atoms with Crippen molar-refractivity contribution in [1.82, 2.24) is 4.90 Å². The molecular formula is C22H22FNO6. The molecule has 0 bridgehead atoms. The molecule has 30 heavy (non-hydrogen) atoms. The number of hydrogen-bond donors (Lipinski definition) is 2. The minimum Gasteiger partial charge on any atom is -0.507 e. The first-order chi connectivity index (χ1) is 14.5. The minimum absolute atomic E-state index is 0.0615. The predicted octanol–water partition coefficient (Wildman–Crippen LogP) is 2.26. The van der Waals surface area contributed by atoms with Crippen molar-refractivity contribution >= 4 is 17.4 Å². The fourth-order valence-electron chi connectivity index (χ4n) is 3.34. The standard InChI is InChI=1S/C22H22FNO6/c1-29-17-8-4-15(5-9-17)20(26)18-19(14-2-6-16(23)7-3-14)24(22(28)21(18)27)10-12-30-13-11-25/h2-9,19,25-26H,10-13H2,1H3/b20-18+. The van der Waals surface area contributed by atoms with Gasteiger partial charge < -0.3 is 24.6 Å². The molecule has 0 aliphatic carbocycles. The average Bonchev–Trinajstić information content (AvgIpc) is 3.01. The van der Waals surface area contributed by atoms with E-state index in [1.54, 1.807) is 24.3 Å². The van der Waals surface area contributed by atoms with Crippen molar-refractivity contribution < 1.29 is 33.7 Å². The number of ether oxygens (including phenoxy) is 2. The summed E-state index contributed by atoms with van der Waals surface area (Å²) in [6.07, 6.45) is 0. The number of amides is 1. The van der Waals surface area contributed by atoms with E-state index in [2.05, 4.69) is 0 Å². The summed E-state index contributed by atoms with van der Waals surface area (Å²) in [5.74, 6) is -1.84. The maximum atomic E-state index is 13.4. The molecule has 1 saturated heterocycles. The lowest BCUT2D eigenvalue weighted by atomic mass is 9.95. The highest BCUT2D eigenvalue weighted by molar-refractivity contribution is 6.46. The molecule has 1 heterocycles. The van der Waals surface area contributed by atoms with E-state index in [1.165, 1.54) is 36.3 Å². The van der Waals surface area contributed by atoms with Crippen LogP contribution in [-0.2, 0) is 14.3 Å². The summed E-state index contributed by atoms with van der Waals surface area (Å²) in [7, 11) is 1.51. The first-order valence-corrected chi connectivity index (χ1v) is 9.34. The lowest BCUT2D eigenvalue weighted by molar-refractivity contribution is -0.140. The number of aliphatic hydroxyl groups excluding tert-OH is 2. The Labute approximate surface area is 173 Å². The van der Waals surface area contributed by atoms with Gasteiger partial charge in [-0.2, -0.15) is 0 Å². The Balaban J connectivity index is 2.04. The van der Waals surface area contributed by atoms with Crippen LogP contribution in [0.15, 0.2) is 54.1 Å². The number of benzene rings is 2. The predicted molar refractivity (Wildman–Crippen MR) is 106 cm³/mol. The smallest absolute Gasteiger partial charge is 0.295 e. The SMILES string of the molecule is COc1ccc(/C(O)=C2\C(=O)C(=O)N(CCOCCO)C2c2ccc(F)cc2)cc1. The van der Waals surface area contributed by atoms with Gasteiger partial charge in [-0.05, 0) is 42.0 Å². The molecule has 1 aliphatic rings. The van der Waals surface area contributed by atoms with Crippen LogP contribution in [0.2, 0.25) is 0 Å². The fourth-order valence-corrected chi connectivity index (χ4v) is 3.34. The van der Waals surface area contributed by atoms with Crippen LogP contribution in [0.5, 0.6) is 5.75 Å². The van der Waals surface area contributed by atoms with E-state index in [0.717, 1.165) is 0 Å². The van der Waals surface area contributed by atoms with Crippen molar-refractivity contribution in [2.75, 3.05) is 33.5 Å². The zero-order valence-electron chi connectivity index (χ0n) is 16.4. The number of halogens is 1. The Bertz CT molecular complexity index is 939. The highest BCUT2D eigenvalue weighted by atomic mass is 19.1. The normalized spacial score (nSPS) is 18.1. The van der Waals surface area contributed by atoms with Gasteiger partial charge in [0.2, 0.25) is 0 Å². The van der Waals surface area contributed by atoms with Gasteiger partial charge >= 0.3 is 0 Å². The van der Waals surface area contributed by atoms with Crippen LogP contribution in [0.25, 0.3) is 5.76 Å². The number of nitrogens with zero attached hydrogens (tertiary/aromatic N) is 1. The Morgan fingerprint density at radius 1 is 1.07 bits per heavy atom. The number of methoxy groups -OCH3 is 1. The van der Waals surface area contributed by atoms with Crippen molar-refractivity contribution in [3.63, 3.8) is 0 Å². The second-order valence-corrected chi connectivity index (χ2v) is 6.61. The first-order valence-electron chi connectivity index (χ1n) is 9.34. The van der Waals surface area contributed by atoms with Gasteiger partial charge in [-0.15, -0.1) is 0 Å². The zero-order chi connectivity index (χ0) is 21.7. The first kappa shape index (κ1) is 21.5. The Hall–Kier alpha value is -3.23. The molecule has 3 rings (SSSR count). The van der Waals surface area contributed by atoms with Crippen molar-refractivity contribution in [3.8, 4) is 5.75 Å². The molecule has 7 nitrogen and oxygen atoms in total. The highest BCUT2D eigenvalue weighted by Gasteiger charge is 2.45. The third-order valence-electron chi connectivity index (χ3n) is 4.80. The van der Waals surface area contributed by atoms with Gasteiger partial charge in [0.05, 0.1) is 38.5 Å². The van der Waals surface area contributed by atoms with E-state index in [9.17, 15) is 19.1 Å². The van der Waals surface area contributed by atoms with Crippen LogP contribution in [0.4, 0.5) is 4.39 Å². The molecule has 8 heteroatoms. The molecule has 0 radical (unpaired) electrons. The number of carbonyl (C=O) groups is 2. The van der Waals surface area contributed by atoms with E-state index in [1.807, 2.05) is 0 Å². The second kappa shape index (κ2) is 9.51. The molecule has 0 saturated carbocycles. The Kier molecular flexibility index (Phi) is 6.81. The molecule has 1 atom stereocenters. The van der Waals surface area contributed by atoms with E-state index < -0.39 is 23.5 Å². The monoisotopic (exact) mass is 415 g/mol. The van der Waals surface area contributed by atoms with Crippen LogP contribution < -0.4 is 4.74 Å². The molecule has 2 N–H and O–H groups in total. The maximum Gasteiger partial charge on any atom is 0.295 e. The molecule has 1 amide bonds. The summed E-state index contributed by atoms with van der Waals surface area (Å²) < 4.78 is 23.8. The number of rotatable bonds is 8. The minimum atomic E-state index is -0.898. The van der Waals surface area contributed by atoms with Crippen LogP contribution >= 0.6 is 0 Å². The van der Waals surface area contributed by atoms with E-state index in [0.29, 0.717) is 16.9 Å².